The molecule has 0 atom stereocenters. The molecule has 0 aliphatic rings. The van der Waals surface area contributed by atoms with Crippen molar-refractivity contribution in [1.82, 2.24) is 0 Å². The van der Waals surface area contributed by atoms with Crippen LogP contribution in [-0.2, 0) is 47.6 Å². The Labute approximate surface area is 118 Å². The van der Waals surface area contributed by atoms with Gasteiger partial charge in [0.1, 0.15) is 0 Å². The summed E-state index contributed by atoms with van der Waals surface area (Å²) < 4.78 is 0. The molecule has 44 valence electrons. The SMILES string of the molecule is N#C[S-].N#C[S-].[Au].[K]. The molecule has 0 rings (SSSR count). The maximum Gasteiger partial charge on any atom is 0 e. The molecule has 0 spiro atoms. The third kappa shape index (κ3) is 112. The van der Waals surface area contributed by atoms with Gasteiger partial charge in [0.05, 0.1) is 0 Å². The molecule has 0 bridgehead atoms. The molecule has 0 saturated carbocycles. The smallest absolute Gasteiger partial charge is 0 e. The molecule has 0 aliphatic carbocycles. The van der Waals surface area contributed by atoms with Crippen molar-refractivity contribution in [1.29, 1.82) is 10.5 Å². The maximum atomic E-state index is 7.13. The number of rotatable bonds is 0. The standard InChI is InChI=1S/2CHNS.Au.K/c2*2-1-3;;/h2*3H;;/p-2. The molecule has 0 fully saturated rings. The molecule has 0 saturated heterocycles. The minimum absolute atomic E-state index is 0. The first-order valence-electron chi connectivity index (χ1n) is 0.855. The van der Waals surface area contributed by atoms with E-state index in [1.54, 1.807) is 0 Å². The van der Waals surface area contributed by atoms with E-state index in [1.165, 1.54) is 10.8 Å². The van der Waals surface area contributed by atoms with Crippen LogP contribution in [0.5, 0.6) is 0 Å². The third-order valence-corrected chi connectivity index (χ3v) is 0. The summed E-state index contributed by atoms with van der Waals surface area (Å²) in [6.45, 7) is 0. The van der Waals surface area contributed by atoms with Gasteiger partial charge in [-0.1, -0.05) is 10.8 Å². The van der Waals surface area contributed by atoms with Gasteiger partial charge in [0, 0.05) is 73.8 Å². The zero-order chi connectivity index (χ0) is 5.41. The summed E-state index contributed by atoms with van der Waals surface area (Å²) in [7, 11) is 0. The van der Waals surface area contributed by atoms with E-state index in [-0.39, 0.29) is 73.8 Å². The summed E-state index contributed by atoms with van der Waals surface area (Å²) in [6.07, 6.45) is 0. The van der Waals surface area contributed by atoms with Crippen molar-refractivity contribution in [2.24, 2.45) is 0 Å². The second-order valence-electron chi connectivity index (χ2n) is 0.183. The van der Waals surface area contributed by atoms with Gasteiger partial charge in [-0.2, -0.15) is 0 Å². The van der Waals surface area contributed by atoms with Crippen LogP contribution < -0.4 is 0 Å². The van der Waals surface area contributed by atoms with Crippen molar-refractivity contribution >= 4 is 76.6 Å². The van der Waals surface area contributed by atoms with E-state index in [1.807, 2.05) is 0 Å². The van der Waals surface area contributed by atoms with Gasteiger partial charge < -0.3 is 25.3 Å². The first kappa shape index (κ1) is 22.6. The number of nitrogens with zero attached hydrogens (tertiary/aromatic N) is 2. The average Bonchev–Trinajstić information content (AvgIpc) is 1.39. The predicted octanol–water partition coefficient (Wildman–Crippen LogP) is -0.355. The number of thiocyanates is 2. The molecule has 2 nitrogen and oxygen atoms in total. The van der Waals surface area contributed by atoms with Crippen LogP contribution in [0, 0.1) is 21.3 Å². The van der Waals surface area contributed by atoms with Crippen molar-refractivity contribution in [2.45, 2.75) is 0 Å². The van der Waals surface area contributed by atoms with Gasteiger partial charge in [0.25, 0.3) is 0 Å². The van der Waals surface area contributed by atoms with Crippen molar-refractivity contribution < 1.29 is 22.4 Å². The van der Waals surface area contributed by atoms with Gasteiger partial charge in [-0.3, -0.25) is 0 Å². The Balaban J connectivity index is -0.0000000160. The number of hydrogen-bond donors (Lipinski definition) is 0. The van der Waals surface area contributed by atoms with E-state index in [4.69, 9.17) is 10.5 Å². The molecule has 0 aromatic rings. The van der Waals surface area contributed by atoms with E-state index >= 15 is 0 Å². The second kappa shape index (κ2) is 37.1. The van der Waals surface area contributed by atoms with E-state index in [0.717, 1.165) is 0 Å². The van der Waals surface area contributed by atoms with Gasteiger partial charge in [0.2, 0.25) is 0 Å². The molecule has 2 radical (unpaired) electrons. The molecule has 0 amide bonds. The molecule has 0 heterocycles. The predicted molar refractivity (Wildman–Crippen MR) is 31.7 cm³/mol. The number of nitriles is 2. The third-order valence-electron chi connectivity index (χ3n) is 0. The van der Waals surface area contributed by atoms with Crippen LogP contribution in [0.4, 0.5) is 0 Å². The van der Waals surface area contributed by atoms with Crippen LogP contribution in [0.3, 0.4) is 0 Å². The Morgan fingerprint density at radius 1 is 1.00 bits per heavy atom. The molecular weight excluding hydrogens is 352 g/mol. The maximum absolute atomic E-state index is 7.13. The van der Waals surface area contributed by atoms with E-state index < -0.39 is 0 Å². The summed E-state index contributed by atoms with van der Waals surface area (Å²) in [6, 6.07) is 0. The van der Waals surface area contributed by atoms with Crippen molar-refractivity contribution in [3.8, 4) is 10.8 Å². The van der Waals surface area contributed by atoms with Gasteiger partial charge in [-0.25, -0.2) is 10.5 Å². The van der Waals surface area contributed by atoms with Crippen molar-refractivity contribution in [2.75, 3.05) is 0 Å². The van der Waals surface area contributed by atoms with Crippen molar-refractivity contribution in [3.63, 3.8) is 0 Å². The molecule has 0 aromatic heterocycles. The first-order valence-corrected chi connectivity index (χ1v) is 1.67. The van der Waals surface area contributed by atoms with Crippen LogP contribution in [0.2, 0.25) is 0 Å². The summed E-state index contributed by atoms with van der Waals surface area (Å²) in [5, 5.41) is 16.9. The largest absolute Gasteiger partial charge is 0.696 e. The minimum Gasteiger partial charge on any atom is -0.696 e. The van der Waals surface area contributed by atoms with Crippen molar-refractivity contribution in [3.05, 3.63) is 0 Å². The topological polar surface area (TPSA) is 47.6 Å². The van der Waals surface area contributed by atoms with Crippen LogP contribution in [0.15, 0.2) is 0 Å². The Bertz CT molecular complexity index is 73.0. The molecule has 0 N–H and O–H groups in total. The molecule has 0 aromatic carbocycles. The first-order chi connectivity index (χ1) is 2.83. The Morgan fingerprint density at radius 2 is 1.00 bits per heavy atom. The zero-order valence-corrected chi connectivity index (χ0v) is 10.9. The molecule has 0 unspecified atom stereocenters. The van der Waals surface area contributed by atoms with Crippen LogP contribution in [-0.4, -0.2) is 51.4 Å². The van der Waals surface area contributed by atoms with Gasteiger partial charge >= 0.3 is 0 Å². The Morgan fingerprint density at radius 3 is 1.00 bits per heavy atom. The fourth-order valence-corrected chi connectivity index (χ4v) is 0. The Kier molecular flexibility index (Phi) is 105. The minimum atomic E-state index is 0. The monoisotopic (exact) mass is 352 g/mol. The van der Waals surface area contributed by atoms with Gasteiger partial charge in [0.15, 0.2) is 0 Å². The van der Waals surface area contributed by atoms with E-state index in [2.05, 4.69) is 25.3 Å². The Hall–Kier alpha value is 1.80. The molecule has 0 aliphatic heterocycles. The van der Waals surface area contributed by atoms with Crippen LogP contribution >= 0.6 is 0 Å². The molecular formula is C2AuKN2S2-2. The fraction of sp³-hybridized carbons (Fsp3) is 0. The number of hydrogen-bond acceptors (Lipinski definition) is 4. The second-order valence-corrected chi connectivity index (χ2v) is 0.548. The van der Waals surface area contributed by atoms with Gasteiger partial charge in [-0.05, 0) is 0 Å². The quantitative estimate of drug-likeness (QED) is 0.340. The van der Waals surface area contributed by atoms with Crippen LogP contribution in [0.25, 0.3) is 0 Å². The average molecular weight is 352 g/mol. The van der Waals surface area contributed by atoms with E-state index in [0.29, 0.717) is 0 Å². The normalized spacial score (nSPS) is 1.75. The summed E-state index contributed by atoms with van der Waals surface area (Å²) in [5.74, 6) is 0. The molecule has 6 heteroatoms. The molecule has 8 heavy (non-hydrogen) atoms. The van der Waals surface area contributed by atoms with E-state index in [9.17, 15) is 0 Å². The zero-order valence-electron chi connectivity index (χ0n) is 4.01. The summed E-state index contributed by atoms with van der Waals surface area (Å²) in [4.78, 5) is 0. The summed E-state index contributed by atoms with van der Waals surface area (Å²) in [5.41, 5.74) is 0. The summed E-state index contributed by atoms with van der Waals surface area (Å²) >= 11 is 7.40. The van der Waals surface area contributed by atoms with Gasteiger partial charge in [-0.15, -0.1) is 0 Å². The van der Waals surface area contributed by atoms with Crippen LogP contribution in [0.1, 0.15) is 0 Å². The fourth-order valence-electron chi connectivity index (χ4n) is 0.